The van der Waals surface area contributed by atoms with Gasteiger partial charge < -0.3 is 34.8 Å². The van der Waals surface area contributed by atoms with Crippen LogP contribution in [0, 0.1) is 0 Å². The number of carbonyl (C=O) groups excluding carboxylic acids is 2. The third kappa shape index (κ3) is 11.0. The molecule has 0 saturated heterocycles. The summed E-state index contributed by atoms with van der Waals surface area (Å²) in [5.74, 6) is -1.42. The number of carboxylic acids is 1. The van der Waals surface area contributed by atoms with E-state index in [1.807, 2.05) is 175 Å². The smallest absolute Gasteiger partial charge is 0.410 e. The Labute approximate surface area is 378 Å². The molecule has 0 saturated carbocycles. The van der Waals surface area contributed by atoms with Crippen molar-refractivity contribution in [3.8, 4) is 0 Å². The van der Waals surface area contributed by atoms with Crippen molar-refractivity contribution in [2.24, 2.45) is 0 Å². The Morgan fingerprint density at radius 1 is 0.646 bits per heavy atom. The monoisotopic (exact) mass is 870 g/mol. The minimum Gasteiger partial charge on any atom is -0.478 e. The van der Waals surface area contributed by atoms with Crippen LogP contribution >= 0.6 is 0 Å². The molecule has 4 aromatic heterocycles. The predicted octanol–water partition coefficient (Wildman–Crippen LogP) is 11.5. The zero-order valence-corrected chi connectivity index (χ0v) is 37.9. The van der Waals surface area contributed by atoms with E-state index < -0.39 is 29.2 Å². The summed E-state index contributed by atoms with van der Waals surface area (Å²) in [6.07, 6.45) is 11.4. The first kappa shape index (κ1) is 45.5. The molecule has 65 heavy (non-hydrogen) atoms. The lowest BCUT2D eigenvalue weighted by atomic mass is 10.0. The quantitative estimate of drug-likeness (QED) is 0.0980. The number of H-pyrrole nitrogens is 2. The summed E-state index contributed by atoms with van der Waals surface area (Å²) in [7, 11) is 3.41. The maximum atomic E-state index is 13.4. The molecule has 0 unspecified atom stereocenters. The highest BCUT2D eigenvalue weighted by Crippen LogP contribution is 2.33. The first-order valence-corrected chi connectivity index (χ1v) is 21.4. The Kier molecular flexibility index (Phi) is 13.3. The SMILES string of the molecule is CN(Cc1nc2c(ccc3c[nH]c(/C=C/c4ccccc4)cc32)c1C(=O)OC(C)(C)C)C(=O)OC(C)(C)C.CNCc1nc2c(ccc3c[nH]c(/C=C/c4ccccc4)cc32)c1C(=O)O. The van der Waals surface area contributed by atoms with E-state index in [-0.39, 0.29) is 12.1 Å². The lowest BCUT2D eigenvalue weighted by Crippen LogP contribution is -2.34. The number of nitrogens with one attached hydrogen (secondary N) is 3. The number of aromatic amines is 2. The van der Waals surface area contributed by atoms with Crippen molar-refractivity contribution in [2.75, 3.05) is 14.1 Å². The maximum Gasteiger partial charge on any atom is 0.410 e. The average molecular weight is 871 g/mol. The van der Waals surface area contributed by atoms with E-state index in [4.69, 9.17) is 14.5 Å². The summed E-state index contributed by atoms with van der Waals surface area (Å²) in [6.45, 7) is 11.4. The number of aromatic carboxylic acids is 1. The molecule has 332 valence electrons. The van der Waals surface area contributed by atoms with Crippen LogP contribution in [0.25, 0.3) is 67.7 Å². The number of esters is 1. The molecule has 0 bridgehead atoms. The van der Waals surface area contributed by atoms with Gasteiger partial charge in [0.1, 0.15) is 11.2 Å². The summed E-state index contributed by atoms with van der Waals surface area (Å²) in [6, 6.07) is 31.7. The highest BCUT2D eigenvalue weighted by molar-refractivity contribution is 6.15. The first-order chi connectivity index (χ1) is 31.0. The van der Waals surface area contributed by atoms with Crippen LogP contribution in [-0.4, -0.2) is 73.3 Å². The van der Waals surface area contributed by atoms with Crippen molar-refractivity contribution in [3.63, 3.8) is 0 Å². The molecule has 0 aliphatic carbocycles. The number of hydrogen-bond acceptors (Lipinski definition) is 8. The fourth-order valence-corrected chi connectivity index (χ4v) is 7.38. The highest BCUT2D eigenvalue weighted by Gasteiger charge is 2.29. The molecular weight excluding hydrogens is 817 g/mol. The number of amides is 1. The minimum atomic E-state index is -0.950. The molecule has 0 spiro atoms. The van der Waals surface area contributed by atoms with Gasteiger partial charge in [-0.15, -0.1) is 0 Å². The van der Waals surface area contributed by atoms with Gasteiger partial charge in [-0.05, 0) is 94.8 Å². The Hall–Kier alpha value is -7.57. The standard InChI is InChI=1S/C31H35N3O4.C22H19N3O2/c1-30(2,3)37-28(35)26-23-16-14-21-18-32-22(15-13-20-11-9-8-10-12-20)17-24(21)27(23)33-25(26)19-34(7)29(36)38-31(4,5)6;1-23-13-19-20(22(26)27)17-10-8-15-12-24-16(11-18(15)21(17)25-19)9-7-14-5-3-2-4-6-14/h8-18,32H,19H2,1-7H3;2-12,23-24H,13H2,1H3,(H,26,27)/b15-13+;9-7+. The summed E-state index contributed by atoms with van der Waals surface area (Å²) in [5, 5.41) is 17.8. The molecule has 0 fully saturated rings. The lowest BCUT2D eigenvalue weighted by molar-refractivity contribution is 0.00657. The van der Waals surface area contributed by atoms with Crippen molar-refractivity contribution in [1.29, 1.82) is 0 Å². The molecule has 0 atom stereocenters. The van der Waals surface area contributed by atoms with Crippen LogP contribution in [-0.2, 0) is 22.6 Å². The largest absolute Gasteiger partial charge is 0.478 e. The Morgan fingerprint density at radius 3 is 1.58 bits per heavy atom. The van der Waals surface area contributed by atoms with Gasteiger partial charge in [0, 0.05) is 58.9 Å². The summed E-state index contributed by atoms with van der Waals surface area (Å²) < 4.78 is 11.3. The van der Waals surface area contributed by atoms with Gasteiger partial charge in [-0.25, -0.2) is 24.4 Å². The molecule has 0 aliphatic heterocycles. The van der Waals surface area contributed by atoms with Gasteiger partial charge in [0.2, 0.25) is 0 Å². The number of nitrogens with zero attached hydrogens (tertiary/aromatic N) is 3. The molecule has 4 aromatic carbocycles. The van der Waals surface area contributed by atoms with Crippen LogP contribution in [0.1, 0.15) is 96.2 Å². The van der Waals surface area contributed by atoms with Gasteiger partial charge >= 0.3 is 18.0 Å². The summed E-state index contributed by atoms with van der Waals surface area (Å²) in [4.78, 5) is 55.3. The van der Waals surface area contributed by atoms with Crippen molar-refractivity contribution in [3.05, 3.63) is 154 Å². The molecule has 0 aliphatic rings. The molecule has 1 amide bonds. The van der Waals surface area contributed by atoms with E-state index in [1.165, 1.54) is 4.90 Å². The van der Waals surface area contributed by atoms with Crippen molar-refractivity contribution >= 4 is 85.7 Å². The van der Waals surface area contributed by atoms with Crippen LogP contribution in [0.5, 0.6) is 0 Å². The molecule has 8 rings (SSSR count). The molecule has 4 N–H and O–H groups in total. The third-order valence-electron chi connectivity index (χ3n) is 10.3. The zero-order chi connectivity index (χ0) is 46.5. The van der Waals surface area contributed by atoms with Crippen LogP contribution < -0.4 is 5.32 Å². The Bertz CT molecular complexity index is 3080. The number of ether oxygens (including phenoxy) is 2. The van der Waals surface area contributed by atoms with Crippen molar-refractivity contribution in [2.45, 2.75) is 65.8 Å². The lowest BCUT2D eigenvalue weighted by Gasteiger charge is -2.24. The Morgan fingerprint density at radius 2 is 1.12 bits per heavy atom. The topological polar surface area (TPSA) is 163 Å². The van der Waals surface area contributed by atoms with Crippen LogP contribution in [0.3, 0.4) is 0 Å². The second-order valence-corrected chi connectivity index (χ2v) is 17.7. The molecule has 0 radical (unpaired) electrons. The molecule has 12 nitrogen and oxygen atoms in total. The van der Waals surface area contributed by atoms with Gasteiger partial charge in [0.25, 0.3) is 0 Å². The van der Waals surface area contributed by atoms with Crippen LogP contribution in [0.2, 0.25) is 0 Å². The molecular formula is C53H54N6O6. The van der Waals surface area contributed by atoms with Crippen LogP contribution in [0.4, 0.5) is 4.79 Å². The number of rotatable bonds is 10. The maximum absolute atomic E-state index is 13.4. The van der Waals surface area contributed by atoms with Gasteiger partial charge in [0.15, 0.2) is 0 Å². The normalized spacial score (nSPS) is 12.0. The number of fused-ring (bicyclic) bond motifs is 6. The predicted molar refractivity (Wildman–Crippen MR) is 261 cm³/mol. The van der Waals surface area contributed by atoms with E-state index in [0.29, 0.717) is 39.8 Å². The average Bonchev–Trinajstić information content (AvgIpc) is 3.83. The van der Waals surface area contributed by atoms with Crippen molar-refractivity contribution in [1.82, 2.24) is 30.2 Å². The van der Waals surface area contributed by atoms with Crippen LogP contribution in [0.15, 0.2) is 109 Å². The molecule has 8 aromatic rings. The van der Waals surface area contributed by atoms with E-state index in [1.54, 1.807) is 14.1 Å². The summed E-state index contributed by atoms with van der Waals surface area (Å²) >= 11 is 0. The van der Waals surface area contributed by atoms with E-state index >= 15 is 0 Å². The second-order valence-electron chi connectivity index (χ2n) is 17.7. The number of carboxylic acid groups (broad SMARTS) is 1. The van der Waals surface area contributed by atoms with E-state index in [9.17, 15) is 19.5 Å². The molecule has 4 heterocycles. The third-order valence-corrected chi connectivity index (χ3v) is 10.3. The minimum absolute atomic E-state index is 0.0966. The Balaban J connectivity index is 0.000000205. The fraction of sp³-hybridized carbons (Fsp3) is 0.226. The number of pyridine rings is 2. The van der Waals surface area contributed by atoms with Gasteiger partial charge in [-0.1, -0.05) is 97.1 Å². The molecule has 12 heteroatoms. The highest BCUT2D eigenvalue weighted by atomic mass is 16.6. The van der Waals surface area contributed by atoms with E-state index in [0.717, 1.165) is 49.6 Å². The summed E-state index contributed by atoms with van der Waals surface area (Å²) in [5.41, 5.74) is 5.75. The zero-order valence-electron chi connectivity index (χ0n) is 37.9. The number of benzene rings is 4. The van der Waals surface area contributed by atoms with Crippen molar-refractivity contribution < 1.29 is 29.0 Å². The van der Waals surface area contributed by atoms with Gasteiger partial charge in [-0.2, -0.15) is 0 Å². The fourth-order valence-electron chi connectivity index (χ4n) is 7.38. The van der Waals surface area contributed by atoms with Gasteiger partial charge in [0.05, 0.1) is 40.1 Å². The first-order valence-electron chi connectivity index (χ1n) is 21.4. The van der Waals surface area contributed by atoms with E-state index in [2.05, 4.69) is 20.3 Å². The number of hydrogen-bond donors (Lipinski definition) is 4. The van der Waals surface area contributed by atoms with Gasteiger partial charge in [-0.3, -0.25) is 0 Å². The second kappa shape index (κ2) is 19.0. The number of aromatic nitrogens is 4. The number of carbonyl (C=O) groups is 3.